The molecule has 2 N–H and O–H groups in total. The fourth-order valence-corrected chi connectivity index (χ4v) is 4.22. The molecule has 0 spiro atoms. The lowest BCUT2D eigenvalue weighted by molar-refractivity contribution is -0.132. The van der Waals surface area contributed by atoms with Gasteiger partial charge < -0.3 is 15.0 Å². The quantitative estimate of drug-likeness (QED) is 0.399. The number of carbonyl (C=O) groups excluding carboxylic acids is 1. The van der Waals surface area contributed by atoms with Crippen molar-refractivity contribution in [3.8, 4) is 0 Å². The number of thioether (sulfide) groups is 1. The molecule has 0 saturated carbocycles. The number of aromatic nitrogens is 4. The molecule has 9 heteroatoms. The highest BCUT2D eigenvalue weighted by Crippen LogP contribution is 2.41. The monoisotopic (exact) mass is 403 g/mol. The van der Waals surface area contributed by atoms with Gasteiger partial charge >= 0.3 is 5.97 Å². The van der Waals surface area contributed by atoms with E-state index in [9.17, 15) is 14.7 Å². The van der Waals surface area contributed by atoms with Gasteiger partial charge in [0.05, 0.1) is 11.3 Å². The van der Waals surface area contributed by atoms with Crippen molar-refractivity contribution in [2.75, 3.05) is 11.9 Å². The molecule has 2 aromatic heterocycles. The zero-order valence-electron chi connectivity index (χ0n) is 15.1. The van der Waals surface area contributed by atoms with Gasteiger partial charge in [0.25, 0.3) is 5.91 Å². The number of para-hydroxylation sites is 2. The van der Waals surface area contributed by atoms with Crippen molar-refractivity contribution < 1.29 is 14.7 Å². The summed E-state index contributed by atoms with van der Waals surface area (Å²) in [6.07, 6.45) is 0. The second-order valence-corrected chi connectivity index (χ2v) is 7.43. The molecule has 0 unspecified atom stereocenters. The minimum atomic E-state index is -1.22. The number of fused-ring (bicyclic) bond motifs is 4. The zero-order valence-corrected chi connectivity index (χ0v) is 15.9. The van der Waals surface area contributed by atoms with Crippen LogP contribution in [0.25, 0.3) is 27.6 Å². The summed E-state index contributed by atoms with van der Waals surface area (Å²) >= 11 is 0.816. The van der Waals surface area contributed by atoms with Gasteiger partial charge in [0, 0.05) is 23.5 Å². The number of amides is 1. The lowest BCUT2D eigenvalue weighted by atomic mass is 10.1. The van der Waals surface area contributed by atoms with Crippen molar-refractivity contribution in [1.29, 1.82) is 0 Å². The third-order valence-electron chi connectivity index (χ3n) is 4.77. The number of aromatic amines is 1. The van der Waals surface area contributed by atoms with Crippen molar-refractivity contribution in [1.82, 2.24) is 20.2 Å². The third-order valence-corrected chi connectivity index (χ3v) is 5.71. The Morgan fingerprint density at radius 2 is 1.86 bits per heavy atom. The second kappa shape index (κ2) is 6.42. The van der Waals surface area contributed by atoms with Crippen molar-refractivity contribution in [3.63, 3.8) is 0 Å². The van der Waals surface area contributed by atoms with Crippen molar-refractivity contribution in [3.05, 3.63) is 59.0 Å². The molecule has 142 valence electrons. The van der Waals surface area contributed by atoms with Gasteiger partial charge in [-0.1, -0.05) is 36.4 Å². The lowest BCUT2D eigenvalue weighted by Gasteiger charge is -2.08. The molecular weight excluding hydrogens is 390 g/mol. The van der Waals surface area contributed by atoms with Crippen LogP contribution in [0.1, 0.15) is 5.56 Å². The van der Waals surface area contributed by atoms with E-state index < -0.39 is 5.97 Å². The number of carbonyl (C=O) groups is 2. The second-order valence-electron chi connectivity index (χ2n) is 6.45. The fraction of sp³-hybridized carbons (Fsp3) is 0.0500. The predicted molar refractivity (Wildman–Crippen MR) is 109 cm³/mol. The Morgan fingerprint density at radius 3 is 2.69 bits per heavy atom. The number of likely N-dealkylation sites (N-methyl/N-ethyl adjacent to an activating group) is 1. The van der Waals surface area contributed by atoms with Gasteiger partial charge in [0.15, 0.2) is 5.65 Å². The van der Waals surface area contributed by atoms with Crippen LogP contribution in [0.4, 0.5) is 5.69 Å². The number of carboxylic acid groups (broad SMARTS) is 1. The highest BCUT2D eigenvalue weighted by Gasteiger charge is 2.35. The van der Waals surface area contributed by atoms with E-state index in [1.165, 1.54) is 4.90 Å². The first-order valence-corrected chi connectivity index (χ1v) is 9.50. The van der Waals surface area contributed by atoms with E-state index in [1.54, 1.807) is 31.3 Å². The standard InChI is InChI=1S/C20H13N5O3S/c1-25-13-9-5-3-7-11(13)14(18(25)26)16(19(27)28)29-20-22-17-15(23-24-20)10-6-2-4-8-12(10)21-17/h2-9H,1H3,(H,27,28)(H,21,22,24). The summed E-state index contributed by atoms with van der Waals surface area (Å²) in [5.41, 5.74) is 3.34. The van der Waals surface area contributed by atoms with Crippen LogP contribution in [0.2, 0.25) is 0 Å². The summed E-state index contributed by atoms with van der Waals surface area (Å²) in [4.78, 5) is 33.7. The van der Waals surface area contributed by atoms with E-state index in [4.69, 9.17) is 0 Å². The van der Waals surface area contributed by atoms with Crippen LogP contribution in [-0.2, 0) is 9.59 Å². The summed E-state index contributed by atoms with van der Waals surface area (Å²) in [7, 11) is 1.62. The molecule has 3 heterocycles. The summed E-state index contributed by atoms with van der Waals surface area (Å²) in [6.45, 7) is 0. The van der Waals surface area contributed by atoms with Gasteiger partial charge in [0.1, 0.15) is 10.4 Å². The Balaban J connectivity index is 1.64. The van der Waals surface area contributed by atoms with Gasteiger partial charge in [-0.05, 0) is 23.9 Å². The van der Waals surface area contributed by atoms with Gasteiger partial charge in [-0.15, -0.1) is 10.2 Å². The summed E-state index contributed by atoms with van der Waals surface area (Å²) < 4.78 is 0. The number of benzene rings is 2. The van der Waals surface area contributed by atoms with Gasteiger partial charge in [0.2, 0.25) is 5.16 Å². The largest absolute Gasteiger partial charge is 0.477 e. The van der Waals surface area contributed by atoms with Gasteiger partial charge in [-0.25, -0.2) is 9.78 Å². The molecule has 0 bridgehead atoms. The van der Waals surface area contributed by atoms with Crippen LogP contribution in [0, 0.1) is 0 Å². The summed E-state index contributed by atoms with van der Waals surface area (Å²) in [5.74, 6) is -1.60. The Morgan fingerprint density at radius 1 is 1.10 bits per heavy atom. The average molecular weight is 403 g/mol. The van der Waals surface area contributed by atoms with Crippen LogP contribution in [0.15, 0.2) is 58.6 Å². The van der Waals surface area contributed by atoms with E-state index in [0.29, 0.717) is 22.4 Å². The number of carboxylic acids is 1. The number of anilines is 1. The number of hydrogen-bond donors (Lipinski definition) is 2. The van der Waals surface area contributed by atoms with E-state index >= 15 is 0 Å². The Bertz CT molecular complexity index is 1360. The van der Waals surface area contributed by atoms with E-state index in [-0.39, 0.29) is 21.5 Å². The smallest absolute Gasteiger partial charge is 0.343 e. The Hall–Kier alpha value is -3.72. The molecule has 0 saturated heterocycles. The molecule has 2 aromatic carbocycles. The number of hydrogen-bond acceptors (Lipinski definition) is 6. The first-order valence-electron chi connectivity index (χ1n) is 8.68. The average Bonchev–Trinajstić information content (AvgIpc) is 3.21. The molecule has 0 radical (unpaired) electrons. The molecule has 1 aliphatic rings. The number of nitrogens with zero attached hydrogens (tertiary/aromatic N) is 4. The van der Waals surface area contributed by atoms with E-state index in [1.807, 2.05) is 24.3 Å². The molecule has 1 aliphatic heterocycles. The fourth-order valence-electron chi connectivity index (χ4n) is 3.43. The number of H-pyrrole nitrogens is 1. The van der Waals surface area contributed by atoms with E-state index in [2.05, 4.69) is 20.2 Å². The number of nitrogens with one attached hydrogen (secondary N) is 1. The minimum Gasteiger partial charge on any atom is -0.477 e. The maximum absolute atomic E-state index is 12.8. The zero-order chi connectivity index (χ0) is 20.1. The molecule has 0 aliphatic carbocycles. The maximum atomic E-state index is 12.8. The van der Waals surface area contributed by atoms with Crippen molar-refractivity contribution in [2.24, 2.45) is 0 Å². The van der Waals surface area contributed by atoms with E-state index in [0.717, 1.165) is 22.7 Å². The summed E-state index contributed by atoms with van der Waals surface area (Å²) in [6, 6.07) is 14.7. The molecular formula is C20H13N5O3S. The molecule has 5 rings (SSSR count). The molecule has 8 nitrogen and oxygen atoms in total. The number of rotatable bonds is 3. The first-order chi connectivity index (χ1) is 14.0. The minimum absolute atomic E-state index is 0.126. The lowest BCUT2D eigenvalue weighted by Crippen LogP contribution is -2.21. The molecule has 0 fully saturated rings. The third kappa shape index (κ3) is 2.66. The normalized spacial score (nSPS) is 15.2. The predicted octanol–water partition coefficient (Wildman–Crippen LogP) is 3.07. The van der Waals surface area contributed by atoms with Gasteiger partial charge in [-0.2, -0.15) is 0 Å². The molecule has 0 atom stereocenters. The van der Waals surface area contributed by atoms with Crippen molar-refractivity contribution in [2.45, 2.75) is 5.16 Å². The van der Waals surface area contributed by atoms with Crippen LogP contribution in [0.3, 0.4) is 0 Å². The molecule has 29 heavy (non-hydrogen) atoms. The van der Waals surface area contributed by atoms with Crippen molar-refractivity contribution >= 4 is 57.0 Å². The molecule has 4 aromatic rings. The Kier molecular flexibility index (Phi) is 3.85. The maximum Gasteiger partial charge on any atom is 0.343 e. The van der Waals surface area contributed by atoms with Crippen LogP contribution < -0.4 is 4.90 Å². The van der Waals surface area contributed by atoms with Crippen LogP contribution >= 0.6 is 11.8 Å². The Labute approximate surface area is 168 Å². The highest BCUT2D eigenvalue weighted by atomic mass is 32.2. The van der Waals surface area contributed by atoms with Crippen LogP contribution in [0.5, 0.6) is 0 Å². The number of aliphatic carboxylic acids is 1. The SMILES string of the molecule is CN1C(=O)C(=C(Sc2nnc3c(n2)[nH]c2ccccc23)C(=O)O)c2ccccc21. The van der Waals surface area contributed by atoms with Gasteiger partial charge in [-0.3, -0.25) is 4.79 Å². The topological polar surface area (TPSA) is 112 Å². The highest BCUT2D eigenvalue weighted by molar-refractivity contribution is 8.04. The van der Waals surface area contributed by atoms with Crippen LogP contribution in [-0.4, -0.2) is 44.2 Å². The first kappa shape index (κ1) is 17.4. The molecule has 1 amide bonds. The summed E-state index contributed by atoms with van der Waals surface area (Å²) in [5, 5.41) is 19.1.